The monoisotopic (exact) mass is 464 g/mol. The Bertz CT molecular complexity index is 806. The van der Waals surface area contributed by atoms with E-state index in [4.69, 9.17) is 0 Å². The first-order chi connectivity index (χ1) is 16.1. The third kappa shape index (κ3) is 4.02. The summed E-state index contributed by atoms with van der Waals surface area (Å²) in [5.74, 6) is 5.43. The lowest BCUT2D eigenvalue weighted by molar-refractivity contribution is -0.134. The smallest absolute Gasteiger partial charge is 0.143 e. The van der Waals surface area contributed by atoms with Crippen LogP contribution in [0.15, 0.2) is 37.0 Å². The molecule has 0 aromatic heterocycles. The molecule has 0 amide bonds. The van der Waals surface area contributed by atoms with Crippen molar-refractivity contribution in [1.82, 2.24) is 0 Å². The summed E-state index contributed by atoms with van der Waals surface area (Å²) in [7, 11) is 0. The second-order valence-corrected chi connectivity index (χ2v) is 13.7. The highest BCUT2D eigenvalue weighted by Gasteiger charge is 2.62. The standard InChI is InChI=1S/C33H52O/c1-8-19-33(20-9-2)29-16-13-25-27-15-14-26(24(5)12-10-11-23(3)4)31(27,6)21-17-28(25)32(29,7)22-18-30(33)34/h8-9,16,23-28H,1-2,10-15,17-22H2,3-7H3/t24-,25+,26-,27+,28+,31-,32-/m1/s1. The van der Waals surface area contributed by atoms with Crippen LogP contribution in [-0.4, -0.2) is 5.78 Å². The zero-order valence-electron chi connectivity index (χ0n) is 23.0. The Labute approximate surface area is 210 Å². The highest BCUT2D eigenvalue weighted by Crippen LogP contribution is 2.69. The molecule has 3 fully saturated rings. The molecule has 0 radical (unpaired) electrons. The summed E-state index contributed by atoms with van der Waals surface area (Å²) in [5, 5.41) is 0. The molecule has 0 N–H and O–H groups in total. The van der Waals surface area contributed by atoms with Gasteiger partial charge in [0.25, 0.3) is 0 Å². The molecular weight excluding hydrogens is 412 g/mol. The van der Waals surface area contributed by atoms with Crippen LogP contribution in [-0.2, 0) is 4.79 Å². The number of Topliss-reactive ketones (excluding diaryl/α,β-unsaturated/α-hetero) is 1. The molecule has 1 nitrogen and oxygen atoms in total. The minimum Gasteiger partial charge on any atom is -0.299 e. The topological polar surface area (TPSA) is 17.1 Å². The van der Waals surface area contributed by atoms with E-state index in [1.54, 1.807) is 0 Å². The van der Waals surface area contributed by atoms with E-state index in [0.717, 1.165) is 61.2 Å². The molecule has 1 heteroatoms. The van der Waals surface area contributed by atoms with E-state index in [-0.39, 0.29) is 10.8 Å². The Morgan fingerprint density at radius 1 is 1.00 bits per heavy atom. The molecule has 3 saturated carbocycles. The van der Waals surface area contributed by atoms with Gasteiger partial charge < -0.3 is 0 Å². The lowest BCUT2D eigenvalue weighted by Crippen LogP contribution is -2.54. The average Bonchev–Trinajstić information content (AvgIpc) is 3.14. The van der Waals surface area contributed by atoms with Gasteiger partial charge in [-0.15, -0.1) is 13.2 Å². The quantitative estimate of drug-likeness (QED) is 0.311. The van der Waals surface area contributed by atoms with Crippen molar-refractivity contribution in [3.8, 4) is 0 Å². The van der Waals surface area contributed by atoms with Crippen LogP contribution in [0.4, 0.5) is 0 Å². The van der Waals surface area contributed by atoms with Gasteiger partial charge in [0.1, 0.15) is 5.78 Å². The second kappa shape index (κ2) is 9.74. The van der Waals surface area contributed by atoms with Crippen molar-refractivity contribution in [2.45, 2.75) is 112 Å². The maximum absolute atomic E-state index is 13.4. The van der Waals surface area contributed by atoms with Gasteiger partial charge >= 0.3 is 0 Å². The van der Waals surface area contributed by atoms with Gasteiger partial charge in [-0.3, -0.25) is 4.79 Å². The summed E-state index contributed by atoms with van der Waals surface area (Å²) in [5.41, 5.74) is 1.79. The third-order valence-corrected chi connectivity index (χ3v) is 11.6. The van der Waals surface area contributed by atoms with Crippen LogP contribution in [0.1, 0.15) is 112 Å². The number of hydrogen-bond donors (Lipinski definition) is 0. The van der Waals surface area contributed by atoms with Gasteiger partial charge in [0.15, 0.2) is 0 Å². The highest BCUT2D eigenvalue weighted by atomic mass is 16.1. The minimum absolute atomic E-state index is 0.172. The van der Waals surface area contributed by atoms with E-state index >= 15 is 0 Å². The lowest BCUT2D eigenvalue weighted by atomic mass is 9.43. The number of allylic oxidation sites excluding steroid dienone is 4. The zero-order chi connectivity index (χ0) is 24.7. The van der Waals surface area contributed by atoms with Crippen molar-refractivity contribution < 1.29 is 4.79 Å². The Kier molecular flexibility index (Phi) is 7.44. The van der Waals surface area contributed by atoms with E-state index in [1.807, 2.05) is 12.2 Å². The van der Waals surface area contributed by atoms with Gasteiger partial charge in [0, 0.05) is 6.42 Å². The van der Waals surface area contributed by atoms with Gasteiger partial charge in [-0.1, -0.05) is 77.7 Å². The molecule has 4 rings (SSSR count). The molecule has 0 aromatic carbocycles. The summed E-state index contributed by atoms with van der Waals surface area (Å²) in [6.45, 7) is 20.6. The summed E-state index contributed by atoms with van der Waals surface area (Å²) in [6, 6.07) is 0. The van der Waals surface area contributed by atoms with Crippen LogP contribution in [0.25, 0.3) is 0 Å². The molecule has 34 heavy (non-hydrogen) atoms. The van der Waals surface area contributed by atoms with Crippen LogP contribution in [0.2, 0.25) is 0 Å². The maximum Gasteiger partial charge on any atom is 0.143 e. The maximum atomic E-state index is 13.4. The fourth-order valence-electron chi connectivity index (χ4n) is 9.97. The molecule has 0 unspecified atom stereocenters. The number of carbonyl (C=O) groups excluding carboxylic acids is 1. The van der Waals surface area contributed by atoms with Crippen LogP contribution in [0.5, 0.6) is 0 Å². The molecule has 0 bridgehead atoms. The van der Waals surface area contributed by atoms with Crippen molar-refractivity contribution in [1.29, 1.82) is 0 Å². The first-order valence-electron chi connectivity index (χ1n) is 14.6. The van der Waals surface area contributed by atoms with Crippen LogP contribution < -0.4 is 0 Å². The average molecular weight is 465 g/mol. The highest BCUT2D eigenvalue weighted by molar-refractivity contribution is 5.90. The number of hydrogen-bond acceptors (Lipinski definition) is 1. The lowest BCUT2D eigenvalue weighted by Gasteiger charge is -2.61. The largest absolute Gasteiger partial charge is 0.299 e. The molecule has 0 heterocycles. The number of carbonyl (C=O) groups is 1. The predicted octanol–water partition coefficient (Wildman–Crippen LogP) is 9.35. The Balaban J connectivity index is 1.60. The van der Waals surface area contributed by atoms with Crippen LogP contribution in [0, 0.1) is 51.8 Å². The number of ketones is 1. The van der Waals surface area contributed by atoms with Crippen molar-refractivity contribution in [3.05, 3.63) is 37.0 Å². The van der Waals surface area contributed by atoms with Crippen LogP contribution in [0.3, 0.4) is 0 Å². The molecule has 4 aliphatic carbocycles. The SMILES string of the molecule is C=CCC1(CC=C)C(=O)CC[C@@]2(C)C1=CC[C@H]1[C@@H]3CC[C@H]([C@H](C)CCCC(C)C)[C@@]3(C)CC[C@@H]12. The molecule has 0 aromatic rings. The van der Waals surface area contributed by atoms with Crippen molar-refractivity contribution >= 4 is 5.78 Å². The van der Waals surface area contributed by atoms with Crippen molar-refractivity contribution in [2.24, 2.45) is 51.8 Å². The summed E-state index contributed by atoms with van der Waals surface area (Å²) in [6.07, 6.45) is 20.9. The van der Waals surface area contributed by atoms with Gasteiger partial charge in [0.05, 0.1) is 5.41 Å². The first-order valence-corrected chi connectivity index (χ1v) is 14.6. The molecule has 190 valence electrons. The van der Waals surface area contributed by atoms with E-state index in [1.165, 1.54) is 56.9 Å². The zero-order valence-corrected chi connectivity index (χ0v) is 23.0. The predicted molar refractivity (Wildman–Crippen MR) is 145 cm³/mol. The summed E-state index contributed by atoms with van der Waals surface area (Å²) < 4.78 is 0. The van der Waals surface area contributed by atoms with Crippen molar-refractivity contribution in [2.75, 3.05) is 0 Å². The first kappa shape index (κ1) is 26.0. The summed E-state index contributed by atoms with van der Waals surface area (Å²) in [4.78, 5) is 13.4. The van der Waals surface area contributed by atoms with Crippen molar-refractivity contribution in [3.63, 3.8) is 0 Å². The Morgan fingerprint density at radius 2 is 1.71 bits per heavy atom. The van der Waals surface area contributed by atoms with E-state index in [0.29, 0.717) is 11.2 Å². The van der Waals surface area contributed by atoms with E-state index in [2.05, 4.69) is 53.9 Å². The van der Waals surface area contributed by atoms with E-state index < -0.39 is 0 Å². The summed E-state index contributed by atoms with van der Waals surface area (Å²) >= 11 is 0. The Morgan fingerprint density at radius 3 is 2.35 bits per heavy atom. The Hall–Kier alpha value is -1.11. The van der Waals surface area contributed by atoms with E-state index in [9.17, 15) is 4.79 Å². The molecular formula is C33H52O. The fraction of sp³-hybridized carbons (Fsp3) is 0.788. The molecule has 0 aliphatic heterocycles. The fourth-order valence-corrected chi connectivity index (χ4v) is 9.97. The molecule has 4 aliphatic rings. The normalized spacial score (nSPS) is 39.6. The number of fused-ring (bicyclic) bond motifs is 5. The van der Waals surface area contributed by atoms with Gasteiger partial charge in [-0.2, -0.15) is 0 Å². The van der Waals surface area contributed by atoms with Gasteiger partial charge in [0.2, 0.25) is 0 Å². The van der Waals surface area contributed by atoms with Gasteiger partial charge in [-0.25, -0.2) is 0 Å². The minimum atomic E-state index is -0.370. The molecule has 0 spiro atoms. The van der Waals surface area contributed by atoms with Gasteiger partial charge in [-0.05, 0) is 97.7 Å². The van der Waals surface area contributed by atoms with Crippen LogP contribution >= 0.6 is 0 Å². The third-order valence-electron chi connectivity index (χ3n) is 11.6. The second-order valence-electron chi connectivity index (χ2n) is 13.7. The molecule has 0 saturated heterocycles. The molecule has 7 atom stereocenters. The number of rotatable bonds is 9.